The lowest BCUT2D eigenvalue weighted by Crippen LogP contribution is -2.49. The maximum Gasteiger partial charge on any atom is 0.326 e. The van der Waals surface area contributed by atoms with E-state index in [1.54, 1.807) is 20.8 Å². The Morgan fingerprint density at radius 2 is 2.00 bits per heavy atom. The third-order valence-electron chi connectivity index (χ3n) is 2.38. The largest absolute Gasteiger partial charge is 0.480 e. The van der Waals surface area contributed by atoms with Crippen LogP contribution in [0.5, 0.6) is 0 Å². The molecule has 0 aliphatic heterocycles. The Labute approximate surface area is 104 Å². The SMILES string of the molecule is CC(C)(C)[C@@H](NC(=O)c1ccc(F)nc1)C(=O)O. The van der Waals surface area contributed by atoms with Crippen LogP contribution in [0.2, 0.25) is 0 Å². The minimum atomic E-state index is -1.12. The highest BCUT2D eigenvalue weighted by Crippen LogP contribution is 2.19. The average Bonchev–Trinajstić information content (AvgIpc) is 2.24. The van der Waals surface area contributed by atoms with E-state index in [2.05, 4.69) is 10.3 Å². The summed E-state index contributed by atoms with van der Waals surface area (Å²) in [4.78, 5) is 26.2. The molecule has 1 amide bonds. The monoisotopic (exact) mass is 254 g/mol. The summed E-state index contributed by atoms with van der Waals surface area (Å²) in [5.74, 6) is -2.41. The zero-order valence-corrected chi connectivity index (χ0v) is 10.4. The van der Waals surface area contributed by atoms with Crippen molar-refractivity contribution in [3.05, 3.63) is 29.8 Å². The summed E-state index contributed by atoms with van der Waals surface area (Å²) in [6, 6.07) is 1.26. The van der Waals surface area contributed by atoms with Gasteiger partial charge >= 0.3 is 5.97 Å². The molecule has 1 aromatic heterocycles. The van der Waals surface area contributed by atoms with Gasteiger partial charge in [-0.1, -0.05) is 20.8 Å². The van der Waals surface area contributed by atoms with E-state index in [0.717, 1.165) is 12.3 Å². The van der Waals surface area contributed by atoms with Crippen molar-refractivity contribution >= 4 is 11.9 Å². The summed E-state index contributed by atoms with van der Waals surface area (Å²) in [6.45, 7) is 5.11. The Morgan fingerprint density at radius 1 is 1.39 bits per heavy atom. The van der Waals surface area contributed by atoms with Crippen LogP contribution in [-0.4, -0.2) is 28.0 Å². The van der Waals surface area contributed by atoms with Crippen molar-refractivity contribution in [2.45, 2.75) is 26.8 Å². The molecule has 0 bridgehead atoms. The van der Waals surface area contributed by atoms with Crippen molar-refractivity contribution in [1.29, 1.82) is 0 Å². The van der Waals surface area contributed by atoms with Gasteiger partial charge < -0.3 is 10.4 Å². The van der Waals surface area contributed by atoms with Gasteiger partial charge in [0.1, 0.15) is 6.04 Å². The normalized spacial score (nSPS) is 12.9. The summed E-state index contributed by atoms with van der Waals surface area (Å²) in [5.41, 5.74) is -0.513. The lowest BCUT2D eigenvalue weighted by Gasteiger charge is -2.27. The van der Waals surface area contributed by atoms with Crippen molar-refractivity contribution in [1.82, 2.24) is 10.3 Å². The number of carbonyl (C=O) groups excluding carboxylic acids is 1. The van der Waals surface area contributed by atoms with E-state index in [1.807, 2.05) is 0 Å². The van der Waals surface area contributed by atoms with Gasteiger partial charge in [0.25, 0.3) is 5.91 Å². The van der Waals surface area contributed by atoms with Crippen molar-refractivity contribution in [3.63, 3.8) is 0 Å². The van der Waals surface area contributed by atoms with E-state index in [9.17, 15) is 14.0 Å². The number of halogens is 1. The second kappa shape index (κ2) is 5.12. The van der Waals surface area contributed by atoms with Crippen molar-refractivity contribution in [3.8, 4) is 0 Å². The molecule has 18 heavy (non-hydrogen) atoms. The number of rotatable bonds is 3. The van der Waals surface area contributed by atoms with Gasteiger partial charge in [-0.25, -0.2) is 9.78 Å². The highest BCUT2D eigenvalue weighted by atomic mass is 19.1. The number of hydrogen-bond donors (Lipinski definition) is 2. The van der Waals surface area contributed by atoms with Crippen molar-refractivity contribution in [2.24, 2.45) is 5.41 Å². The van der Waals surface area contributed by atoms with E-state index in [4.69, 9.17) is 5.11 Å². The first-order valence-corrected chi connectivity index (χ1v) is 5.37. The van der Waals surface area contributed by atoms with Crippen LogP contribution in [0.4, 0.5) is 4.39 Å². The molecular weight excluding hydrogens is 239 g/mol. The summed E-state index contributed by atoms with van der Waals surface area (Å²) in [5, 5.41) is 11.4. The topological polar surface area (TPSA) is 79.3 Å². The Bertz CT molecular complexity index is 451. The van der Waals surface area contributed by atoms with Crippen LogP contribution in [-0.2, 0) is 4.79 Å². The third-order valence-corrected chi connectivity index (χ3v) is 2.38. The van der Waals surface area contributed by atoms with Gasteiger partial charge in [-0.2, -0.15) is 4.39 Å². The smallest absolute Gasteiger partial charge is 0.326 e. The van der Waals surface area contributed by atoms with Crippen LogP contribution in [0.1, 0.15) is 31.1 Å². The zero-order valence-electron chi connectivity index (χ0n) is 10.4. The molecule has 0 aliphatic rings. The van der Waals surface area contributed by atoms with Gasteiger partial charge in [0.15, 0.2) is 0 Å². The van der Waals surface area contributed by atoms with Crippen LogP contribution in [0.3, 0.4) is 0 Å². The first kappa shape index (κ1) is 14.1. The Balaban J connectivity index is 2.86. The van der Waals surface area contributed by atoms with Gasteiger partial charge in [0.2, 0.25) is 5.95 Å². The molecule has 0 spiro atoms. The minimum Gasteiger partial charge on any atom is -0.480 e. The Kier molecular flexibility index (Phi) is 4.00. The number of carboxylic acids is 1. The molecule has 1 atom stereocenters. The first-order valence-electron chi connectivity index (χ1n) is 5.37. The molecular formula is C12H15FN2O3. The molecule has 0 unspecified atom stereocenters. The van der Waals surface area contributed by atoms with Crippen molar-refractivity contribution < 1.29 is 19.1 Å². The van der Waals surface area contributed by atoms with Gasteiger partial charge in [0, 0.05) is 6.20 Å². The molecule has 0 aromatic carbocycles. The maximum absolute atomic E-state index is 12.6. The number of pyridine rings is 1. The zero-order chi connectivity index (χ0) is 13.9. The first-order chi connectivity index (χ1) is 8.21. The van der Waals surface area contributed by atoms with Gasteiger partial charge in [-0.3, -0.25) is 4.79 Å². The standard InChI is InChI=1S/C12H15FN2O3/c1-12(2,3)9(11(17)18)15-10(16)7-4-5-8(13)14-6-7/h4-6,9H,1-3H3,(H,15,16)(H,17,18)/t9-/m0/s1. The second-order valence-corrected chi connectivity index (χ2v) is 4.98. The molecule has 6 heteroatoms. The van der Waals surface area contributed by atoms with Gasteiger partial charge in [-0.15, -0.1) is 0 Å². The number of carbonyl (C=O) groups is 2. The number of carboxylic acid groups (broad SMARTS) is 1. The molecule has 5 nitrogen and oxygen atoms in total. The summed E-state index contributed by atoms with van der Waals surface area (Å²) in [7, 11) is 0. The molecule has 0 saturated heterocycles. The number of aromatic nitrogens is 1. The Morgan fingerprint density at radius 3 is 2.39 bits per heavy atom. The van der Waals surface area contributed by atoms with Crippen LogP contribution in [0.25, 0.3) is 0 Å². The molecule has 98 valence electrons. The summed E-state index contributed by atoms with van der Waals surface area (Å²) >= 11 is 0. The third kappa shape index (κ3) is 3.51. The summed E-state index contributed by atoms with van der Waals surface area (Å²) < 4.78 is 12.6. The highest BCUT2D eigenvalue weighted by Gasteiger charge is 2.32. The quantitative estimate of drug-likeness (QED) is 0.800. The van der Waals surface area contributed by atoms with Crippen LogP contribution < -0.4 is 5.32 Å². The van der Waals surface area contributed by atoms with E-state index < -0.39 is 29.3 Å². The second-order valence-electron chi connectivity index (χ2n) is 4.98. The van der Waals surface area contributed by atoms with E-state index in [0.29, 0.717) is 0 Å². The molecule has 0 fully saturated rings. The summed E-state index contributed by atoms with van der Waals surface area (Å²) in [6.07, 6.45) is 1.06. The Hall–Kier alpha value is -1.98. The van der Waals surface area contributed by atoms with E-state index in [-0.39, 0.29) is 5.56 Å². The lowest BCUT2D eigenvalue weighted by molar-refractivity contribution is -0.142. The fourth-order valence-electron chi connectivity index (χ4n) is 1.37. The highest BCUT2D eigenvalue weighted by molar-refractivity contribution is 5.96. The van der Waals surface area contributed by atoms with Crippen LogP contribution in [0.15, 0.2) is 18.3 Å². The van der Waals surface area contributed by atoms with Gasteiger partial charge in [0.05, 0.1) is 5.56 Å². The molecule has 1 heterocycles. The maximum atomic E-state index is 12.6. The number of hydrogen-bond acceptors (Lipinski definition) is 3. The number of nitrogens with one attached hydrogen (secondary N) is 1. The lowest BCUT2D eigenvalue weighted by atomic mass is 9.86. The minimum absolute atomic E-state index is 0.118. The molecule has 0 saturated carbocycles. The fraction of sp³-hybridized carbons (Fsp3) is 0.417. The molecule has 1 rings (SSSR count). The fourth-order valence-corrected chi connectivity index (χ4v) is 1.37. The number of amides is 1. The molecule has 0 radical (unpaired) electrons. The van der Waals surface area contributed by atoms with Crippen LogP contribution in [0, 0.1) is 11.4 Å². The molecule has 0 aliphatic carbocycles. The predicted molar refractivity (Wildman–Crippen MR) is 62.5 cm³/mol. The van der Waals surface area contributed by atoms with Crippen molar-refractivity contribution in [2.75, 3.05) is 0 Å². The van der Waals surface area contributed by atoms with E-state index >= 15 is 0 Å². The van der Waals surface area contributed by atoms with Gasteiger partial charge in [-0.05, 0) is 17.5 Å². The number of nitrogens with zero attached hydrogens (tertiary/aromatic N) is 1. The number of aliphatic carboxylic acids is 1. The average molecular weight is 254 g/mol. The molecule has 1 aromatic rings. The molecule has 2 N–H and O–H groups in total. The predicted octanol–water partition coefficient (Wildman–Crippen LogP) is 1.45. The van der Waals surface area contributed by atoms with E-state index in [1.165, 1.54) is 6.07 Å². The van der Waals surface area contributed by atoms with Crippen LogP contribution >= 0.6 is 0 Å².